The summed E-state index contributed by atoms with van der Waals surface area (Å²) in [4.78, 5) is 23.2. The van der Waals surface area contributed by atoms with E-state index in [0.717, 1.165) is 0 Å². The number of hydrogen-bond acceptors (Lipinski definition) is 2. The highest BCUT2D eigenvalue weighted by atomic mass is 19.1. The summed E-state index contributed by atoms with van der Waals surface area (Å²) < 4.78 is 13.3. The maximum absolute atomic E-state index is 13.3. The minimum Gasteiger partial charge on any atom is -0.318 e. The third-order valence-electron chi connectivity index (χ3n) is 2.36. The number of para-hydroxylation sites is 2. The molecular formula is C14H11FN2O2. The van der Waals surface area contributed by atoms with Gasteiger partial charge in [-0.15, -0.1) is 0 Å². The van der Waals surface area contributed by atoms with Gasteiger partial charge in [-0.05, 0) is 24.3 Å². The van der Waals surface area contributed by atoms with Gasteiger partial charge in [0, 0.05) is 5.69 Å². The summed E-state index contributed by atoms with van der Waals surface area (Å²) in [6.45, 7) is 0. The van der Waals surface area contributed by atoms with E-state index < -0.39 is 17.6 Å². The number of anilines is 2. The van der Waals surface area contributed by atoms with Crippen molar-refractivity contribution >= 4 is 23.2 Å². The summed E-state index contributed by atoms with van der Waals surface area (Å²) in [7, 11) is 0. The number of nitrogens with one attached hydrogen (secondary N) is 2. The predicted molar refractivity (Wildman–Crippen MR) is 70.1 cm³/mol. The molecule has 0 aliphatic heterocycles. The standard InChI is InChI=1S/C14H11FN2O2/c15-11-8-4-5-9-12(11)17-14(19)13(18)16-10-6-2-1-3-7-10/h1-9H,(H,16,18)(H,17,19). The molecular weight excluding hydrogens is 247 g/mol. The van der Waals surface area contributed by atoms with Crippen molar-refractivity contribution in [2.45, 2.75) is 0 Å². The van der Waals surface area contributed by atoms with Gasteiger partial charge in [0.1, 0.15) is 5.82 Å². The summed E-state index contributed by atoms with van der Waals surface area (Å²) in [5.41, 5.74) is 0.465. The average molecular weight is 258 g/mol. The molecule has 5 heteroatoms. The van der Waals surface area contributed by atoms with E-state index in [4.69, 9.17) is 0 Å². The Kier molecular flexibility index (Phi) is 3.87. The van der Waals surface area contributed by atoms with Gasteiger partial charge in [0.05, 0.1) is 5.69 Å². The molecule has 4 nitrogen and oxygen atoms in total. The Morgan fingerprint density at radius 1 is 0.789 bits per heavy atom. The van der Waals surface area contributed by atoms with Crippen molar-refractivity contribution < 1.29 is 14.0 Å². The van der Waals surface area contributed by atoms with E-state index in [0.29, 0.717) is 5.69 Å². The monoisotopic (exact) mass is 258 g/mol. The molecule has 19 heavy (non-hydrogen) atoms. The lowest BCUT2D eigenvalue weighted by Crippen LogP contribution is -2.29. The van der Waals surface area contributed by atoms with E-state index in [2.05, 4.69) is 10.6 Å². The zero-order valence-corrected chi connectivity index (χ0v) is 9.89. The first kappa shape index (κ1) is 12.8. The van der Waals surface area contributed by atoms with Gasteiger partial charge in [-0.25, -0.2) is 4.39 Å². The zero-order chi connectivity index (χ0) is 13.7. The number of halogens is 1. The molecule has 2 amide bonds. The minimum absolute atomic E-state index is 0.0317. The second kappa shape index (κ2) is 5.77. The molecule has 0 atom stereocenters. The van der Waals surface area contributed by atoms with Gasteiger partial charge in [0.15, 0.2) is 0 Å². The Balaban J connectivity index is 2.01. The molecule has 0 aromatic heterocycles. The lowest BCUT2D eigenvalue weighted by atomic mass is 10.3. The molecule has 0 aliphatic carbocycles. The van der Waals surface area contributed by atoms with Gasteiger partial charge in [-0.3, -0.25) is 9.59 Å². The van der Waals surface area contributed by atoms with Crippen LogP contribution in [0.5, 0.6) is 0 Å². The van der Waals surface area contributed by atoms with Crippen molar-refractivity contribution in [3.05, 3.63) is 60.4 Å². The summed E-state index contributed by atoms with van der Waals surface area (Å²) in [5.74, 6) is -2.37. The molecule has 2 aromatic rings. The van der Waals surface area contributed by atoms with Gasteiger partial charge in [0.25, 0.3) is 0 Å². The van der Waals surface area contributed by atoms with Crippen LogP contribution in [0.2, 0.25) is 0 Å². The molecule has 2 N–H and O–H groups in total. The van der Waals surface area contributed by atoms with E-state index in [1.54, 1.807) is 36.4 Å². The fraction of sp³-hybridized carbons (Fsp3) is 0. The highest BCUT2D eigenvalue weighted by Crippen LogP contribution is 2.12. The second-order valence-corrected chi connectivity index (χ2v) is 3.75. The first-order valence-corrected chi connectivity index (χ1v) is 5.59. The molecule has 96 valence electrons. The SMILES string of the molecule is O=C(Nc1ccccc1)C(=O)Nc1ccccc1F. The summed E-state index contributed by atoms with van der Waals surface area (Å²) >= 11 is 0. The third kappa shape index (κ3) is 3.38. The van der Waals surface area contributed by atoms with Crippen LogP contribution in [0, 0.1) is 5.82 Å². The third-order valence-corrected chi connectivity index (χ3v) is 2.36. The summed E-state index contributed by atoms with van der Waals surface area (Å²) in [6, 6.07) is 14.2. The largest absolute Gasteiger partial charge is 0.318 e. The Bertz CT molecular complexity index is 599. The van der Waals surface area contributed by atoms with E-state index in [1.807, 2.05) is 0 Å². The smallest absolute Gasteiger partial charge is 0.314 e. The van der Waals surface area contributed by atoms with Gasteiger partial charge in [-0.2, -0.15) is 0 Å². The van der Waals surface area contributed by atoms with Gasteiger partial charge in [-0.1, -0.05) is 30.3 Å². The van der Waals surface area contributed by atoms with E-state index >= 15 is 0 Å². The Labute approximate surface area is 109 Å². The van der Waals surface area contributed by atoms with Crippen LogP contribution in [0.4, 0.5) is 15.8 Å². The fourth-order valence-corrected chi connectivity index (χ4v) is 1.45. The second-order valence-electron chi connectivity index (χ2n) is 3.75. The quantitative estimate of drug-likeness (QED) is 0.813. The molecule has 2 rings (SSSR count). The molecule has 0 aliphatic rings. The first-order valence-electron chi connectivity index (χ1n) is 5.59. The van der Waals surface area contributed by atoms with Gasteiger partial charge in [0.2, 0.25) is 0 Å². The van der Waals surface area contributed by atoms with Crippen molar-refractivity contribution in [2.24, 2.45) is 0 Å². The van der Waals surface area contributed by atoms with Gasteiger partial charge >= 0.3 is 11.8 Å². The van der Waals surface area contributed by atoms with Crippen LogP contribution in [-0.4, -0.2) is 11.8 Å². The van der Waals surface area contributed by atoms with Crippen molar-refractivity contribution in [1.82, 2.24) is 0 Å². The molecule has 0 spiro atoms. The minimum atomic E-state index is -0.922. The van der Waals surface area contributed by atoms with Crippen LogP contribution >= 0.6 is 0 Å². The summed E-state index contributed by atoms with van der Waals surface area (Å²) in [6.07, 6.45) is 0. The zero-order valence-electron chi connectivity index (χ0n) is 9.89. The molecule has 0 heterocycles. The molecule has 0 fully saturated rings. The van der Waals surface area contributed by atoms with Crippen molar-refractivity contribution in [1.29, 1.82) is 0 Å². The van der Waals surface area contributed by atoms with Crippen LogP contribution < -0.4 is 10.6 Å². The molecule has 0 saturated heterocycles. The Hall–Kier alpha value is -2.69. The first-order chi connectivity index (χ1) is 9.16. The molecule has 0 unspecified atom stereocenters. The Morgan fingerprint density at radius 3 is 2.05 bits per heavy atom. The van der Waals surface area contributed by atoms with Crippen LogP contribution in [0.15, 0.2) is 54.6 Å². The number of benzene rings is 2. The van der Waals surface area contributed by atoms with Crippen LogP contribution in [-0.2, 0) is 9.59 Å². The van der Waals surface area contributed by atoms with E-state index in [-0.39, 0.29) is 5.69 Å². The molecule has 0 radical (unpaired) electrons. The molecule has 0 bridgehead atoms. The highest BCUT2D eigenvalue weighted by Gasteiger charge is 2.15. The normalized spacial score (nSPS) is 9.74. The van der Waals surface area contributed by atoms with Crippen LogP contribution in [0.1, 0.15) is 0 Å². The Morgan fingerprint density at radius 2 is 1.37 bits per heavy atom. The lowest BCUT2D eigenvalue weighted by Gasteiger charge is -2.06. The molecule has 2 aromatic carbocycles. The number of rotatable bonds is 2. The number of amides is 2. The fourth-order valence-electron chi connectivity index (χ4n) is 1.45. The van der Waals surface area contributed by atoms with Crippen molar-refractivity contribution in [3.63, 3.8) is 0 Å². The molecule has 0 saturated carbocycles. The number of hydrogen-bond donors (Lipinski definition) is 2. The number of carbonyl (C=O) groups excluding carboxylic acids is 2. The van der Waals surface area contributed by atoms with E-state index in [9.17, 15) is 14.0 Å². The average Bonchev–Trinajstić information content (AvgIpc) is 2.42. The topological polar surface area (TPSA) is 58.2 Å². The lowest BCUT2D eigenvalue weighted by molar-refractivity contribution is -0.133. The van der Waals surface area contributed by atoms with Crippen LogP contribution in [0.3, 0.4) is 0 Å². The van der Waals surface area contributed by atoms with E-state index in [1.165, 1.54) is 18.2 Å². The predicted octanol–water partition coefficient (Wildman–Crippen LogP) is 2.40. The number of carbonyl (C=O) groups is 2. The van der Waals surface area contributed by atoms with Crippen LogP contribution in [0.25, 0.3) is 0 Å². The maximum atomic E-state index is 13.3. The van der Waals surface area contributed by atoms with Gasteiger partial charge < -0.3 is 10.6 Å². The van der Waals surface area contributed by atoms with Crippen molar-refractivity contribution in [3.8, 4) is 0 Å². The summed E-state index contributed by atoms with van der Waals surface area (Å²) in [5, 5.41) is 4.61. The maximum Gasteiger partial charge on any atom is 0.314 e. The van der Waals surface area contributed by atoms with Crippen molar-refractivity contribution in [2.75, 3.05) is 10.6 Å². The highest BCUT2D eigenvalue weighted by molar-refractivity contribution is 6.43.